The van der Waals surface area contributed by atoms with E-state index >= 15 is 0 Å². The summed E-state index contributed by atoms with van der Waals surface area (Å²) in [6.07, 6.45) is 2.23. The first kappa shape index (κ1) is 21.6. The minimum Gasteiger partial charge on any atom is -0.423 e. The summed E-state index contributed by atoms with van der Waals surface area (Å²) in [5.41, 5.74) is 2.40. The molecule has 162 valence electrons. The molecule has 0 spiro atoms. The highest BCUT2D eigenvalue weighted by Crippen LogP contribution is 2.38. The summed E-state index contributed by atoms with van der Waals surface area (Å²) in [6.45, 7) is 6.89. The number of hydrogen-bond donors (Lipinski definition) is 0. The van der Waals surface area contributed by atoms with Crippen LogP contribution in [0.15, 0.2) is 116 Å². The van der Waals surface area contributed by atoms with Gasteiger partial charge in [-0.2, -0.15) is 0 Å². The minimum atomic E-state index is -0.539. The van der Waals surface area contributed by atoms with Gasteiger partial charge >= 0.3 is 11.9 Å². The van der Waals surface area contributed by atoms with Gasteiger partial charge in [-0.1, -0.05) is 55.6 Å². The number of hydrogen-bond acceptors (Lipinski definition) is 5. The van der Waals surface area contributed by atoms with E-state index in [1.165, 1.54) is 0 Å². The summed E-state index contributed by atoms with van der Waals surface area (Å²) in [6, 6.07) is 28.5. The fraction of sp³-hybridized carbons (Fsp3) is 0. The van der Waals surface area contributed by atoms with Crippen molar-refractivity contribution in [2.45, 2.75) is 0 Å². The molecule has 5 heteroatoms. The third kappa shape index (κ3) is 4.99. The molecule has 4 aromatic carbocycles. The maximum atomic E-state index is 11.7. The van der Waals surface area contributed by atoms with Crippen molar-refractivity contribution in [3.8, 4) is 11.5 Å². The summed E-state index contributed by atoms with van der Waals surface area (Å²) in [4.78, 5) is 25.4. The largest absolute Gasteiger partial charge is 0.423 e. The Morgan fingerprint density at radius 3 is 1.67 bits per heavy atom. The van der Waals surface area contributed by atoms with Gasteiger partial charge in [-0.05, 0) is 47.2 Å². The van der Waals surface area contributed by atoms with Gasteiger partial charge in [-0.15, -0.1) is 0 Å². The second-order valence-corrected chi connectivity index (χ2v) is 7.11. The smallest absolute Gasteiger partial charge is 0.335 e. The number of esters is 2. The molecule has 5 nitrogen and oxygen atoms in total. The maximum Gasteiger partial charge on any atom is 0.335 e. The zero-order valence-corrected chi connectivity index (χ0v) is 17.8. The molecule has 0 saturated carbocycles. The van der Waals surface area contributed by atoms with E-state index in [0.29, 0.717) is 11.5 Å². The van der Waals surface area contributed by atoms with E-state index in [4.69, 9.17) is 9.47 Å². The molecule has 0 heterocycles. The van der Waals surface area contributed by atoms with Crippen LogP contribution in [0.25, 0.3) is 10.8 Å². The highest BCUT2D eigenvalue weighted by atomic mass is 16.5. The molecule has 0 radical (unpaired) electrons. The number of carbonyl (C=O) groups excluding carboxylic acids is 2. The van der Waals surface area contributed by atoms with Gasteiger partial charge in [0.25, 0.3) is 0 Å². The van der Waals surface area contributed by atoms with E-state index in [9.17, 15) is 9.59 Å². The quantitative estimate of drug-likeness (QED) is 0.189. The first-order chi connectivity index (χ1) is 16.1. The van der Waals surface area contributed by atoms with Crippen LogP contribution in [-0.4, -0.2) is 11.9 Å². The molecule has 0 aliphatic heterocycles. The van der Waals surface area contributed by atoms with Gasteiger partial charge in [0.2, 0.25) is 0 Å². The fourth-order valence-electron chi connectivity index (χ4n) is 3.45. The van der Waals surface area contributed by atoms with Crippen LogP contribution in [0.5, 0.6) is 11.5 Å². The number of nitrogens with zero attached hydrogens (tertiary/aromatic N) is 1. The van der Waals surface area contributed by atoms with E-state index in [1.54, 1.807) is 36.4 Å². The molecule has 0 fully saturated rings. The monoisotopic (exact) mass is 435 g/mol. The predicted octanol–water partition coefficient (Wildman–Crippen LogP) is 6.49. The third-order valence-corrected chi connectivity index (χ3v) is 4.91. The van der Waals surface area contributed by atoms with Crippen LogP contribution in [0.3, 0.4) is 0 Å². The molecular weight excluding hydrogens is 414 g/mol. The normalized spacial score (nSPS) is 10.3. The van der Waals surface area contributed by atoms with Crippen molar-refractivity contribution in [1.29, 1.82) is 0 Å². The topological polar surface area (TPSA) is 55.8 Å². The van der Waals surface area contributed by atoms with Gasteiger partial charge in [-0.25, -0.2) is 9.59 Å². The van der Waals surface area contributed by atoms with Crippen molar-refractivity contribution >= 4 is 39.8 Å². The molecule has 0 saturated heterocycles. The van der Waals surface area contributed by atoms with Gasteiger partial charge in [0, 0.05) is 41.3 Å². The Balaban J connectivity index is 1.84. The Morgan fingerprint density at radius 2 is 1.12 bits per heavy atom. The number of ether oxygens (including phenoxy) is 2. The van der Waals surface area contributed by atoms with Crippen molar-refractivity contribution < 1.29 is 19.1 Å². The van der Waals surface area contributed by atoms with Gasteiger partial charge in [0.05, 0.1) is 0 Å². The van der Waals surface area contributed by atoms with E-state index in [1.807, 2.05) is 53.4 Å². The number of benzene rings is 4. The van der Waals surface area contributed by atoms with Crippen molar-refractivity contribution in [3.05, 3.63) is 116 Å². The molecule has 4 rings (SSSR count). The lowest BCUT2D eigenvalue weighted by Crippen LogP contribution is -2.11. The lowest BCUT2D eigenvalue weighted by atomic mass is 10.1. The standard InChI is InChI=1S/C28H21NO4/c1-3-27(30)32-25-13-7-11-22(18-25)29(23-12-8-14-26(19-23)33-28(31)4-2)24-16-15-20-9-5-6-10-21(20)17-24/h3-19H,1-2H2. The second kappa shape index (κ2) is 9.66. The Kier molecular flexibility index (Phi) is 6.32. The molecule has 0 aliphatic carbocycles. The SMILES string of the molecule is C=CC(=O)Oc1cccc(N(c2cccc(OC(=O)C=C)c2)c2ccc3ccccc3c2)c1. The van der Waals surface area contributed by atoms with E-state index in [2.05, 4.69) is 19.2 Å². The maximum absolute atomic E-state index is 11.7. The minimum absolute atomic E-state index is 0.387. The Bertz CT molecular complexity index is 1290. The van der Waals surface area contributed by atoms with Gasteiger partial charge in [0.15, 0.2) is 0 Å². The molecule has 0 bridgehead atoms. The van der Waals surface area contributed by atoms with Gasteiger partial charge in [-0.3, -0.25) is 0 Å². The number of carbonyl (C=O) groups is 2. The molecular formula is C28H21NO4. The summed E-state index contributed by atoms with van der Waals surface area (Å²) in [5, 5.41) is 2.19. The van der Waals surface area contributed by atoms with Crippen molar-refractivity contribution in [2.24, 2.45) is 0 Å². The molecule has 0 amide bonds. The van der Waals surface area contributed by atoms with E-state index in [-0.39, 0.29) is 0 Å². The van der Waals surface area contributed by atoms with Gasteiger partial charge in [0.1, 0.15) is 11.5 Å². The third-order valence-electron chi connectivity index (χ3n) is 4.91. The van der Waals surface area contributed by atoms with Crippen LogP contribution in [0.2, 0.25) is 0 Å². The lowest BCUT2D eigenvalue weighted by Gasteiger charge is -2.26. The molecule has 0 aromatic heterocycles. The van der Waals surface area contributed by atoms with E-state index in [0.717, 1.165) is 40.0 Å². The Labute approximate surface area is 191 Å². The van der Waals surface area contributed by atoms with Crippen molar-refractivity contribution in [2.75, 3.05) is 4.90 Å². The van der Waals surface area contributed by atoms with Crippen LogP contribution < -0.4 is 14.4 Å². The average Bonchev–Trinajstić information content (AvgIpc) is 2.84. The van der Waals surface area contributed by atoms with Crippen LogP contribution in [0, 0.1) is 0 Å². The Morgan fingerprint density at radius 1 is 0.606 bits per heavy atom. The molecule has 0 atom stereocenters. The summed E-state index contributed by atoms with van der Waals surface area (Å²) < 4.78 is 10.6. The highest BCUT2D eigenvalue weighted by molar-refractivity contribution is 5.90. The molecule has 0 aliphatic rings. The zero-order chi connectivity index (χ0) is 23.2. The van der Waals surface area contributed by atoms with Crippen LogP contribution >= 0.6 is 0 Å². The molecule has 33 heavy (non-hydrogen) atoms. The number of rotatable bonds is 7. The van der Waals surface area contributed by atoms with Crippen molar-refractivity contribution in [3.63, 3.8) is 0 Å². The van der Waals surface area contributed by atoms with Crippen LogP contribution in [-0.2, 0) is 9.59 Å². The average molecular weight is 435 g/mol. The predicted molar refractivity (Wildman–Crippen MR) is 130 cm³/mol. The Hall–Kier alpha value is -4.64. The molecule has 4 aromatic rings. The first-order valence-corrected chi connectivity index (χ1v) is 10.2. The van der Waals surface area contributed by atoms with Crippen molar-refractivity contribution in [1.82, 2.24) is 0 Å². The summed E-state index contributed by atoms with van der Waals surface area (Å²) in [5.74, 6) is -0.305. The molecule has 0 N–H and O–H groups in total. The van der Waals surface area contributed by atoms with E-state index < -0.39 is 11.9 Å². The lowest BCUT2D eigenvalue weighted by molar-refractivity contribution is -0.129. The summed E-state index contributed by atoms with van der Waals surface area (Å²) in [7, 11) is 0. The second-order valence-electron chi connectivity index (χ2n) is 7.11. The molecule has 0 unspecified atom stereocenters. The first-order valence-electron chi connectivity index (χ1n) is 10.2. The van der Waals surface area contributed by atoms with Gasteiger partial charge < -0.3 is 14.4 Å². The van der Waals surface area contributed by atoms with Crippen LogP contribution in [0.4, 0.5) is 17.1 Å². The number of fused-ring (bicyclic) bond motifs is 1. The number of anilines is 3. The summed E-state index contributed by atoms with van der Waals surface area (Å²) >= 11 is 0. The zero-order valence-electron chi connectivity index (χ0n) is 17.8. The fourth-order valence-corrected chi connectivity index (χ4v) is 3.45. The highest BCUT2D eigenvalue weighted by Gasteiger charge is 2.15. The van der Waals surface area contributed by atoms with Crippen LogP contribution in [0.1, 0.15) is 0 Å².